The molecule has 0 saturated heterocycles. The lowest BCUT2D eigenvalue weighted by atomic mass is 10.2. The first kappa shape index (κ1) is 10.8. The van der Waals surface area contributed by atoms with E-state index in [0.29, 0.717) is 12.4 Å². The second-order valence-electron chi connectivity index (χ2n) is 3.37. The highest BCUT2D eigenvalue weighted by atomic mass is 32.1. The van der Waals surface area contributed by atoms with Crippen molar-refractivity contribution >= 4 is 17.2 Å². The molecule has 1 heterocycles. The maximum Gasteiger partial charge on any atom is 0.167 e. The van der Waals surface area contributed by atoms with Gasteiger partial charge in [-0.3, -0.25) is 0 Å². The van der Waals surface area contributed by atoms with Crippen molar-refractivity contribution in [1.29, 1.82) is 0 Å². The van der Waals surface area contributed by atoms with Crippen LogP contribution in [0.5, 0.6) is 0 Å². The molecule has 0 spiro atoms. The summed E-state index contributed by atoms with van der Waals surface area (Å²) in [5, 5.41) is 0. The number of imidazole rings is 1. The number of rotatable bonds is 3. The van der Waals surface area contributed by atoms with Crippen LogP contribution in [0.3, 0.4) is 0 Å². The van der Waals surface area contributed by atoms with E-state index in [0.717, 1.165) is 5.56 Å². The zero-order chi connectivity index (χ0) is 11.5. The molecule has 0 radical (unpaired) electrons. The predicted molar refractivity (Wildman–Crippen MR) is 63.6 cm³/mol. The topological polar surface area (TPSA) is 43.8 Å². The number of benzene rings is 1. The Hall–Kier alpha value is -1.75. The third-order valence-electron chi connectivity index (χ3n) is 2.18. The molecule has 0 fully saturated rings. The average molecular weight is 235 g/mol. The van der Waals surface area contributed by atoms with Crippen LogP contribution in [0.15, 0.2) is 36.7 Å². The zero-order valence-electron chi connectivity index (χ0n) is 8.43. The van der Waals surface area contributed by atoms with Crippen molar-refractivity contribution in [1.82, 2.24) is 9.55 Å². The van der Waals surface area contributed by atoms with Crippen molar-refractivity contribution in [2.75, 3.05) is 0 Å². The van der Waals surface area contributed by atoms with E-state index < -0.39 is 0 Å². The van der Waals surface area contributed by atoms with E-state index in [1.54, 1.807) is 23.0 Å². The first-order valence-electron chi connectivity index (χ1n) is 4.72. The second kappa shape index (κ2) is 4.40. The highest BCUT2D eigenvalue weighted by Gasteiger charge is 2.05. The van der Waals surface area contributed by atoms with Crippen LogP contribution in [0.25, 0.3) is 0 Å². The fourth-order valence-electron chi connectivity index (χ4n) is 1.49. The Bertz CT molecular complexity index is 521. The molecule has 0 amide bonds. The van der Waals surface area contributed by atoms with Crippen molar-refractivity contribution in [3.05, 3.63) is 53.9 Å². The Labute approximate surface area is 97.7 Å². The van der Waals surface area contributed by atoms with Crippen molar-refractivity contribution in [2.24, 2.45) is 5.73 Å². The van der Waals surface area contributed by atoms with E-state index in [9.17, 15) is 4.39 Å². The monoisotopic (exact) mass is 235 g/mol. The van der Waals surface area contributed by atoms with E-state index >= 15 is 0 Å². The normalized spacial score (nSPS) is 10.3. The Balaban J connectivity index is 2.27. The smallest absolute Gasteiger partial charge is 0.167 e. The lowest BCUT2D eigenvalue weighted by molar-refractivity contribution is 0.623. The maximum absolute atomic E-state index is 13.0. The van der Waals surface area contributed by atoms with E-state index in [-0.39, 0.29) is 10.8 Å². The molecule has 0 saturated carbocycles. The molecule has 16 heavy (non-hydrogen) atoms. The summed E-state index contributed by atoms with van der Waals surface area (Å²) < 4.78 is 14.8. The lowest BCUT2D eigenvalue weighted by Gasteiger charge is -2.06. The quantitative estimate of drug-likeness (QED) is 0.824. The van der Waals surface area contributed by atoms with Crippen molar-refractivity contribution < 1.29 is 4.39 Å². The van der Waals surface area contributed by atoms with Gasteiger partial charge in [-0.1, -0.05) is 24.4 Å². The van der Waals surface area contributed by atoms with Gasteiger partial charge in [0.15, 0.2) is 5.82 Å². The highest BCUT2D eigenvalue weighted by Crippen LogP contribution is 2.07. The van der Waals surface area contributed by atoms with Gasteiger partial charge in [0, 0.05) is 18.9 Å². The number of thiocarbonyl (C=S) groups is 1. The van der Waals surface area contributed by atoms with E-state index in [1.807, 2.05) is 6.07 Å². The highest BCUT2D eigenvalue weighted by molar-refractivity contribution is 7.80. The van der Waals surface area contributed by atoms with Crippen molar-refractivity contribution in [3.8, 4) is 0 Å². The molecule has 0 bridgehead atoms. The Morgan fingerprint density at radius 3 is 3.00 bits per heavy atom. The Kier molecular flexibility index (Phi) is 2.96. The molecule has 5 heteroatoms. The molecule has 1 aromatic carbocycles. The number of halogens is 1. The number of nitrogens with zero attached hydrogens (tertiary/aromatic N) is 2. The van der Waals surface area contributed by atoms with Gasteiger partial charge < -0.3 is 10.3 Å². The van der Waals surface area contributed by atoms with Gasteiger partial charge in [0.2, 0.25) is 0 Å². The fourth-order valence-corrected chi connectivity index (χ4v) is 1.66. The minimum atomic E-state index is -0.255. The summed E-state index contributed by atoms with van der Waals surface area (Å²) in [7, 11) is 0. The van der Waals surface area contributed by atoms with Gasteiger partial charge in [-0.25, -0.2) is 9.37 Å². The largest absolute Gasteiger partial charge is 0.387 e. The van der Waals surface area contributed by atoms with E-state index in [4.69, 9.17) is 18.0 Å². The molecule has 0 aliphatic rings. The second-order valence-corrected chi connectivity index (χ2v) is 3.81. The SMILES string of the molecule is NC(=S)c1nccn1Cc1cccc(F)c1. The number of nitrogens with two attached hydrogens (primary N) is 1. The van der Waals surface area contributed by atoms with Gasteiger partial charge >= 0.3 is 0 Å². The molecule has 1 aromatic heterocycles. The molecule has 0 atom stereocenters. The van der Waals surface area contributed by atoms with Crippen LogP contribution in [-0.2, 0) is 6.54 Å². The molecule has 3 nitrogen and oxygen atoms in total. The van der Waals surface area contributed by atoms with Crippen LogP contribution in [0.4, 0.5) is 4.39 Å². The fraction of sp³-hybridized carbons (Fsp3) is 0.0909. The van der Waals surface area contributed by atoms with Gasteiger partial charge in [-0.2, -0.15) is 0 Å². The summed E-state index contributed by atoms with van der Waals surface area (Å²) >= 11 is 4.87. The van der Waals surface area contributed by atoms with Gasteiger partial charge in [0.25, 0.3) is 0 Å². The maximum atomic E-state index is 13.0. The van der Waals surface area contributed by atoms with Crippen molar-refractivity contribution in [3.63, 3.8) is 0 Å². The van der Waals surface area contributed by atoms with Gasteiger partial charge in [0.1, 0.15) is 10.8 Å². The number of aromatic nitrogens is 2. The number of hydrogen-bond acceptors (Lipinski definition) is 2. The zero-order valence-corrected chi connectivity index (χ0v) is 9.25. The first-order chi connectivity index (χ1) is 7.66. The third-order valence-corrected chi connectivity index (χ3v) is 2.36. The summed E-state index contributed by atoms with van der Waals surface area (Å²) in [5.74, 6) is 0.286. The lowest BCUT2D eigenvalue weighted by Crippen LogP contribution is -2.17. The molecule has 0 aliphatic heterocycles. The summed E-state index contributed by atoms with van der Waals surface area (Å²) in [6, 6.07) is 6.39. The predicted octanol–water partition coefficient (Wildman–Crippen LogP) is 1.70. The van der Waals surface area contributed by atoms with Crippen LogP contribution in [-0.4, -0.2) is 14.5 Å². The summed E-state index contributed by atoms with van der Waals surface area (Å²) in [5.41, 5.74) is 6.36. The Morgan fingerprint density at radius 2 is 2.31 bits per heavy atom. The van der Waals surface area contributed by atoms with E-state index in [1.165, 1.54) is 12.1 Å². The minimum absolute atomic E-state index is 0.237. The van der Waals surface area contributed by atoms with Crippen LogP contribution in [0.1, 0.15) is 11.4 Å². The van der Waals surface area contributed by atoms with Crippen molar-refractivity contribution in [2.45, 2.75) is 6.54 Å². The first-order valence-corrected chi connectivity index (χ1v) is 5.13. The Morgan fingerprint density at radius 1 is 1.50 bits per heavy atom. The number of hydrogen-bond donors (Lipinski definition) is 1. The minimum Gasteiger partial charge on any atom is -0.387 e. The van der Waals surface area contributed by atoms with Crippen LogP contribution < -0.4 is 5.73 Å². The summed E-state index contributed by atoms with van der Waals surface area (Å²) in [6.45, 7) is 0.504. The van der Waals surface area contributed by atoms with Gasteiger partial charge in [-0.15, -0.1) is 0 Å². The average Bonchev–Trinajstić information content (AvgIpc) is 2.66. The molecule has 2 aromatic rings. The molecular formula is C11H10FN3S. The standard InChI is InChI=1S/C11H10FN3S/c12-9-3-1-2-8(6-9)7-15-5-4-14-11(15)10(13)16/h1-6H,7H2,(H2,13,16). The van der Waals surface area contributed by atoms with Gasteiger partial charge in [-0.05, 0) is 17.7 Å². The van der Waals surface area contributed by atoms with Gasteiger partial charge in [0.05, 0.1) is 0 Å². The van der Waals surface area contributed by atoms with Crippen LogP contribution >= 0.6 is 12.2 Å². The molecular weight excluding hydrogens is 225 g/mol. The molecule has 0 unspecified atom stereocenters. The summed E-state index contributed by atoms with van der Waals surface area (Å²) in [6.07, 6.45) is 3.38. The van der Waals surface area contributed by atoms with E-state index in [2.05, 4.69) is 4.98 Å². The van der Waals surface area contributed by atoms with Crippen LogP contribution in [0, 0.1) is 5.82 Å². The molecule has 2 N–H and O–H groups in total. The third kappa shape index (κ3) is 2.25. The summed E-state index contributed by atoms with van der Waals surface area (Å²) in [4.78, 5) is 4.27. The molecule has 0 aliphatic carbocycles. The molecule has 82 valence electrons. The molecule has 2 rings (SSSR count). The van der Waals surface area contributed by atoms with Crippen LogP contribution in [0.2, 0.25) is 0 Å².